The van der Waals surface area contributed by atoms with E-state index in [2.05, 4.69) is 45.9 Å². The summed E-state index contributed by atoms with van der Waals surface area (Å²) in [5.41, 5.74) is 3.99. The highest BCUT2D eigenvalue weighted by molar-refractivity contribution is 7.99. The Hall–Kier alpha value is -2.19. The maximum absolute atomic E-state index is 11.6. The summed E-state index contributed by atoms with van der Waals surface area (Å²) in [6.45, 7) is 9.45. The Bertz CT molecular complexity index is 1160. The monoisotopic (exact) mass is 520 g/mol. The van der Waals surface area contributed by atoms with Crippen molar-refractivity contribution in [3.05, 3.63) is 101 Å². The van der Waals surface area contributed by atoms with Gasteiger partial charge in [0, 0.05) is 10.5 Å². The van der Waals surface area contributed by atoms with Gasteiger partial charge < -0.3 is 24.1 Å². The summed E-state index contributed by atoms with van der Waals surface area (Å²) in [7, 11) is 0. The maximum Gasteiger partial charge on any atom is 0.184 e. The standard InChI is InChI=1S/C31H36O5S/c1-20-15-16-23(31(2,3)4)17-25(20)37-30-28(33-18-21-11-7-5-8-12-21)26(32)27-24(35-30)19-34-29(36-27)22-13-9-6-10-14-22/h5-17,24,26-30,32H,18-19H2,1-4H3/t24?,26-,27+,28?,29?,30-/m0/s1. The molecule has 1 N–H and O–H groups in total. The van der Waals surface area contributed by atoms with Crippen LogP contribution in [0.15, 0.2) is 83.8 Å². The molecule has 5 nitrogen and oxygen atoms in total. The Morgan fingerprint density at radius 3 is 2.35 bits per heavy atom. The lowest BCUT2D eigenvalue weighted by atomic mass is 9.87. The lowest BCUT2D eigenvalue weighted by molar-refractivity contribution is -0.322. The highest BCUT2D eigenvalue weighted by atomic mass is 32.2. The molecule has 196 valence electrons. The topological polar surface area (TPSA) is 57.2 Å². The number of aryl methyl sites for hydroxylation is 1. The van der Waals surface area contributed by atoms with Crippen molar-refractivity contribution in [3.63, 3.8) is 0 Å². The number of rotatable bonds is 6. The van der Waals surface area contributed by atoms with Crippen LogP contribution in [0.4, 0.5) is 0 Å². The Balaban J connectivity index is 1.39. The summed E-state index contributed by atoms with van der Waals surface area (Å²) in [5, 5.41) is 11.6. The van der Waals surface area contributed by atoms with E-state index in [4.69, 9.17) is 18.9 Å². The molecule has 2 fully saturated rings. The molecule has 3 aromatic carbocycles. The van der Waals surface area contributed by atoms with Crippen molar-refractivity contribution in [1.82, 2.24) is 0 Å². The van der Waals surface area contributed by atoms with Crippen LogP contribution in [0.2, 0.25) is 0 Å². The van der Waals surface area contributed by atoms with Gasteiger partial charge in [0.25, 0.3) is 0 Å². The van der Waals surface area contributed by atoms with Crippen LogP contribution in [0, 0.1) is 6.92 Å². The Kier molecular flexibility index (Phi) is 8.05. The number of fused-ring (bicyclic) bond motifs is 1. The molecular weight excluding hydrogens is 484 g/mol. The lowest BCUT2D eigenvalue weighted by Crippen LogP contribution is -2.61. The molecule has 0 amide bonds. The second-order valence-corrected chi connectivity index (χ2v) is 12.0. The first kappa shape index (κ1) is 26.4. The molecule has 2 heterocycles. The molecule has 6 heteroatoms. The van der Waals surface area contributed by atoms with Crippen molar-refractivity contribution in [3.8, 4) is 0 Å². The Morgan fingerprint density at radius 2 is 1.65 bits per heavy atom. The molecule has 0 radical (unpaired) electrons. The fourth-order valence-electron chi connectivity index (χ4n) is 4.70. The highest BCUT2D eigenvalue weighted by Gasteiger charge is 2.50. The number of aliphatic hydroxyl groups excluding tert-OH is 1. The van der Waals surface area contributed by atoms with E-state index in [1.807, 2.05) is 60.7 Å². The van der Waals surface area contributed by atoms with E-state index in [-0.39, 0.29) is 5.41 Å². The minimum absolute atomic E-state index is 0.0295. The van der Waals surface area contributed by atoms with Gasteiger partial charge in [0.05, 0.1) is 13.2 Å². The summed E-state index contributed by atoms with van der Waals surface area (Å²) >= 11 is 1.60. The summed E-state index contributed by atoms with van der Waals surface area (Å²) < 4.78 is 25.2. The van der Waals surface area contributed by atoms with E-state index in [1.165, 1.54) is 11.1 Å². The van der Waals surface area contributed by atoms with Crippen molar-refractivity contribution in [1.29, 1.82) is 0 Å². The average Bonchev–Trinajstić information content (AvgIpc) is 2.90. The molecule has 2 aliphatic heterocycles. The van der Waals surface area contributed by atoms with Gasteiger partial charge in [0.2, 0.25) is 0 Å². The smallest absolute Gasteiger partial charge is 0.184 e. The van der Waals surface area contributed by atoms with Crippen molar-refractivity contribution in [2.75, 3.05) is 6.61 Å². The van der Waals surface area contributed by atoms with Crippen molar-refractivity contribution >= 4 is 11.8 Å². The van der Waals surface area contributed by atoms with Gasteiger partial charge in [0.1, 0.15) is 29.9 Å². The third-order valence-corrected chi connectivity index (χ3v) is 8.27. The van der Waals surface area contributed by atoms with E-state index in [0.29, 0.717) is 13.2 Å². The molecule has 3 aromatic rings. The van der Waals surface area contributed by atoms with E-state index in [9.17, 15) is 5.11 Å². The normalized spacial score (nSPS) is 28.0. The zero-order valence-electron chi connectivity index (χ0n) is 21.9. The first-order valence-corrected chi connectivity index (χ1v) is 13.8. The summed E-state index contributed by atoms with van der Waals surface area (Å²) in [5.74, 6) is 0. The van der Waals surface area contributed by atoms with Gasteiger partial charge in [-0.3, -0.25) is 0 Å². The van der Waals surface area contributed by atoms with Crippen LogP contribution in [0.5, 0.6) is 0 Å². The molecule has 0 aliphatic carbocycles. The first-order chi connectivity index (χ1) is 17.8. The fraction of sp³-hybridized carbons (Fsp3) is 0.419. The first-order valence-electron chi connectivity index (χ1n) is 12.9. The molecule has 3 unspecified atom stereocenters. The van der Waals surface area contributed by atoms with Gasteiger partial charge in [-0.25, -0.2) is 0 Å². The van der Waals surface area contributed by atoms with Gasteiger partial charge in [-0.1, -0.05) is 105 Å². The largest absolute Gasteiger partial charge is 0.387 e. The van der Waals surface area contributed by atoms with Gasteiger partial charge in [-0.05, 0) is 35.1 Å². The molecular formula is C31H36O5S. The number of benzene rings is 3. The SMILES string of the molecule is Cc1ccc(C(C)(C)C)cc1S[C@@H]1OC2COC(c3ccccc3)O[C@H]2[C@H](O)C1OCc1ccccc1. The molecule has 5 rings (SSSR count). The number of hydrogen-bond donors (Lipinski definition) is 1. The summed E-state index contributed by atoms with van der Waals surface area (Å²) in [6, 6.07) is 26.4. The Morgan fingerprint density at radius 1 is 0.946 bits per heavy atom. The lowest BCUT2D eigenvalue weighted by Gasteiger charge is -2.47. The van der Waals surface area contributed by atoms with Crippen LogP contribution in [-0.2, 0) is 31.0 Å². The third-order valence-electron chi connectivity index (χ3n) is 6.96. The number of thioether (sulfide) groups is 1. The maximum atomic E-state index is 11.6. The average molecular weight is 521 g/mol. The Labute approximate surface area is 224 Å². The van der Waals surface area contributed by atoms with Crippen LogP contribution in [-0.4, -0.2) is 41.6 Å². The summed E-state index contributed by atoms with van der Waals surface area (Å²) in [4.78, 5) is 1.12. The number of aliphatic hydroxyl groups is 1. The molecule has 2 aliphatic rings. The fourth-order valence-corrected chi connectivity index (χ4v) is 5.98. The van der Waals surface area contributed by atoms with Gasteiger partial charge in [0.15, 0.2) is 6.29 Å². The predicted octanol–water partition coefficient (Wildman–Crippen LogP) is 6.17. The van der Waals surface area contributed by atoms with Crippen LogP contribution in [0.25, 0.3) is 0 Å². The van der Waals surface area contributed by atoms with Crippen LogP contribution in [0.3, 0.4) is 0 Å². The second kappa shape index (κ2) is 11.3. The summed E-state index contributed by atoms with van der Waals surface area (Å²) in [6.07, 6.45) is -2.96. The van der Waals surface area contributed by atoms with Gasteiger partial charge in [-0.15, -0.1) is 0 Å². The van der Waals surface area contributed by atoms with E-state index in [1.54, 1.807) is 11.8 Å². The van der Waals surface area contributed by atoms with Crippen LogP contribution < -0.4 is 0 Å². The molecule has 37 heavy (non-hydrogen) atoms. The zero-order valence-corrected chi connectivity index (χ0v) is 22.7. The minimum atomic E-state index is -0.874. The molecule has 0 spiro atoms. The zero-order chi connectivity index (χ0) is 26.0. The van der Waals surface area contributed by atoms with E-state index >= 15 is 0 Å². The van der Waals surface area contributed by atoms with E-state index in [0.717, 1.165) is 16.0 Å². The van der Waals surface area contributed by atoms with Gasteiger partial charge in [-0.2, -0.15) is 0 Å². The van der Waals surface area contributed by atoms with Crippen molar-refractivity contribution < 1.29 is 24.1 Å². The van der Waals surface area contributed by atoms with Crippen LogP contribution >= 0.6 is 11.8 Å². The van der Waals surface area contributed by atoms with Gasteiger partial charge >= 0.3 is 0 Å². The number of ether oxygens (including phenoxy) is 4. The quantitative estimate of drug-likeness (QED) is 0.420. The molecule has 0 bridgehead atoms. The second-order valence-electron chi connectivity index (χ2n) is 10.8. The minimum Gasteiger partial charge on any atom is -0.387 e. The highest BCUT2D eigenvalue weighted by Crippen LogP contribution is 2.41. The van der Waals surface area contributed by atoms with Crippen molar-refractivity contribution in [2.45, 2.75) is 80.8 Å². The van der Waals surface area contributed by atoms with E-state index < -0.39 is 36.1 Å². The molecule has 6 atom stereocenters. The van der Waals surface area contributed by atoms with Crippen LogP contribution in [0.1, 0.15) is 49.3 Å². The molecule has 2 saturated heterocycles. The number of hydrogen-bond acceptors (Lipinski definition) is 6. The van der Waals surface area contributed by atoms with Crippen molar-refractivity contribution in [2.24, 2.45) is 0 Å². The predicted molar refractivity (Wildman–Crippen MR) is 145 cm³/mol. The third kappa shape index (κ3) is 6.11. The molecule has 0 aromatic heterocycles. The molecule has 0 saturated carbocycles.